The van der Waals surface area contributed by atoms with Gasteiger partial charge in [0.1, 0.15) is 0 Å². The lowest BCUT2D eigenvalue weighted by molar-refractivity contribution is 0.369. The highest BCUT2D eigenvalue weighted by Crippen LogP contribution is 2.22. The van der Waals surface area contributed by atoms with Gasteiger partial charge in [0.15, 0.2) is 0 Å². The van der Waals surface area contributed by atoms with Crippen LogP contribution >= 0.6 is 0 Å². The van der Waals surface area contributed by atoms with Crippen molar-refractivity contribution in [3.8, 4) is 0 Å². The summed E-state index contributed by atoms with van der Waals surface area (Å²) in [4.78, 5) is 2.31. The third-order valence-corrected chi connectivity index (χ3v) is 4.19. The van der Waals surface area contributed by atoms with Crippen molar-refractivity contribution >= 4 is 5.57 Å². The quantitative estimate of drug-likeness (QED) is 0.711. The van der Waals surface area contributed by atoms with Gasteiger partial charge in [-0.05, 0) is 41.6 Å². The molecule has 0 amide bonds. The van der Waals surface area contributed by atoms with Gasteiger partial charge in [0.2, 0.25) is 0 Å². The zero-order valence-corrected chi connectivity index (χ0v) is 15.2. The molecule has 0 aliphatic heterocycles. The molecule has 23 heavy (non-hydrogen) atoms. The van der Waals surface area contributed by atoms with Gasteiger partial charge in [-0.1, -0.05) is 81.4 Å². The highest BCUT2D eigenvalue weighted by Gasteiger charge is 2.13. The van der Waals surface area contributed by atoms with Crippen LogP contribution in [0.5, 0.6) is 0 Å². The molecule has 0 saturated carbocycles. The van der Waals surface area contributed by atoms with Crippen molar-refractivity contribution in [1.29, 1.82) is 0 Å². The zero-order valence-electron chi connectivity index (χ0n) is 15.2. The Kier molecular flexibility index (Phi) is 5.43. The van der Waals surface area contributed by atoms with Gasteiger partial charge in [-0.25, -0.2) is 0 Å². The van der Waals surface area contributed by atoms with Gasteiger partial charge in [0, 0.05) is 13.1 Å². The largest absolute Gasteiger partial charge is 0.298 e. The molecule has 0 radical (unpaired) electrons. The standard InChI is InChI=1S/C22H29N/c1-17-7-11-20(12-8-17)18(2)15-23(6)16-19-9-13-21(14-10-19)22(3,4)5/h7-14H,2,15-16H2,1,3-6H3. The summed E-state index contributed by atoms with van der Waals surface area (Å²) in [6.45, 7) is 14.9. The van der Waals surface area contributed by atoms with Crippen LogP contribution in [0.15, 0.2) is 55.1 Å². The maximum Gasteiger partial charge on any atom is 0.0234 e. The first kappa shape index (κ1) is 17.5. The van der Waals surface area contributed by atoms with E-state index in [1.807, 2.05) is 0 Å². The van der Waals surface area contributed by atoms with Crippen LogP contribution in [0.25, 0.3) is 5.57 Å². The van der Waals surface area contributed by atoms with E-state index in [2.05, 4.69) is 94.8 Å². The average molecular weight is 307 g/mol. The smallest absolute Gasteiger partial charge is 0.0234 e. The Bertz CT molecular complexity index is 642. The molecule has 0 spiro atoms. The molecule has 2 aromatic rings. The number of aryl methyl sites for hydroxylation is 1. The second-order valence-corrected chi connectivity index (χ2v) is 7.59. The molecule has 1 heteroatoms. The molecule has 0 saturated heterocycles. The van der Waals surface area contributed by atoms with Gasteiger partial charge in [-0.3, -0.25) is 4.90 Å². The number of benzene rings is 2. The summed E-state index contributed by atoms with van der Waals surface area (Å²) in [5.41, 5.74) is 6.62. The summed E-state index contributed by atoms with van der Waals surface area (Å²) in [6, 6.07) is 17.6. The minimum atomic E-state index is 0.212. The van der Waals surface area contributed by atoms with Crippen molar-refractivity contribution in [2.75, 3.05) is 13.6 Å². The Hall–Kier alpha value is -1.86. The molecule has 1 nitrogen and oxygen atoms in total. The van der Waals surface area contributed by atoms with Crippen LogP contribution in [0, 0.1) is 6.92 Å². The number of rotatable bonds is 5. The van der Waals surface area contributed by atoms with E-state index < -0.39 is 0 Å². The third-order valence-electron chi connectivity index (χ3n) is 4.19. The fourth-order valence-corrected chi connectivity index (χ4v) is 2.68. The van der Waals surface area contributed by atoms with Crippen LogP contribution in [-0.4, -0.2) is 18.5 Å². The van der Waals surface area contributed by atoms with Crippen molar-refractivity contribution in [1.82, 2.24) is 4.90 Å². The predicted molar refractivity (Wildman–Crippen MR) is 102 cm³/mol. The topological polar surface area (TPSA) is 3.24 Å². The fraction of sp³-hybridized carbons (Fsp3) is 0.364. The Labute approximate surface area is 141 Å². The van der Waals surface area contributed by atoms with E-state index in [1.165, 1.54) is 27.8 Å². The van der Waals surface area contributed by atoms with Crippen molar-refractivity contribution in [3.63, 3.8) is 0 Å². The van der Waals surface area contributed by atoms with Crippen LogP contribution in [0.1, 0.15) is 43.0 Å². The summed E-state index contributed by atoms with van der Waals surface area (Å²) >= 11 is 0. The molecule has 0 N–H and O–H groups in total. The molecule has 0 bridgehead atoms. The van der Waals surface area contributed by atoms with Crippen LogP contribution < -0.4 is 0 Å². The SMILES string of the molecule is C=C(CN(C)Cc1ccc(C(C)(C)C)cc1)c1ccc(C)cc1. The van der Waals surface area contributed by atoms with Gasteiger partial charge >= 0.3 is 0 Å². The molecule has 0 aromatic heterocycles. The van der Waals surface area contributed by atoms with Crippen LogP contribution in [0.4, 0.5) is 0 Å². The van der Waals surface area contributed by atoms with E-state index in [1.54, 1.807) is 0 Å². The maximum atomic E-state index is 4.24. The van der Waals surface area contributed by atoms with Crippen molar-refractivity contribution < 1.29 is 0 Å². The molecule has 0 aliphatic rings. The van der Waals surface area contributed by atoms with E-state index >= 15 is 0 Å². The van der Waals surface area contributed by atoms with E-state index in [0.717, 1.165) is 13.1 Å². The number of hydrogen-bond acceptors (Lipinski definition) is 1. The maximum absolute atomic E-state index is 4.24. The number of hydrogen-bond donors (Lipinski definition) is 0. The Morgan fingerprint density at radius 2 is 1.52 bits per heavy atom. The van der Waals surface area contributed by atoms with E-state index in [4.69, 9.17) is 0 Å². The molecule has 0 atom stereocenters. The second-order valence-electron chi connectivity index (χ2n) is 7.59. The van der Waals surface area contributed by atoms with Crippen molar-refractivity contribution in [3.05, 3.63) is 77.4 Å². The lowest BCUT2D eigenvalue weighted by Crippen LogP contribution is -2.20. The van der Waals surface area contributed by atoms with Crippen molar-refractivity contribution in [2.45, 2.75) is 39.7 Å². The second kappa shape index (κ2) is 7.14. The molecule has 0 heterocycles. The molecular weight excluding hydrogens is 278 g/mol. The highest BCUT2D eigenvalue weighted by atomic mass is 15.1. The minimum Gasteiger partial charge on any atom is -0.298 e. The average Bonchev–Trinajstić information content (AvgIpc) is 2.47. The third kappa shape index (κ3) is 5.07. The fourth-order valence-electron chi connectivity index (χ4n) is 2.68. The molecule has 2 rings (SSSR count). The summed E-state index contributed by atoms with van der Waals surface area (Å²) in [7, 11) is 2.15. The summed E-state index contributed by atoms with van der Waals surface area (Å²) in [5, 5.41) is 0. The Balaban J connectivity index is 1.95. The molecule has 0 aliphatic carbocycles. The Morgan fingerprint density at radius 1 is 0.957 bits per heavy atom. The minimum absolute atomic E-state index is 0.212. The monoisotopic (exact) mass is 307 g/mol. The van der Waals surface area contributed by atoms with Gasteiger partial charge in [0.05, 0.1) is 0 Å². The lowest BCUT2D eigenvalue weighted by atomic mass is 9.87. The van der Waals surface area contributed by atoms with Gasteiger partial charge in [0.25, 0.3) is 0 Å². The normalized spacial score (nSPS) is 11.7. The van der Waals surface area contributed by atoms with Crippen LogP contribution in [0.2, 0.25) is 0 Å². The first-order chi connectivity index (χ1) is 10.8. The summed E-state index contributed by atoms with van der Waals surface area (Å²) < 4.78 is 0. The number of nitrogens with zero attached hydrogens (tertiary/aromatic N) is 1. The van der Waals surface area contributed by atoms with E-state index in [9.17, 15) is 0 Å². The van der Waals surface area contributed by atoms with E-state index in [0.29, 0.717) is 0 Å². The zero-order chi connectivity index (χ0) is 17.0. The molecule has 122 valence electrons. The lowest BCUT2D eigenvalue weighted by Gasteiger charge is -2.21. The predicted octanol–water partition coefficient (Wildman–Crippen LogP) is 5.44. The molecule has 0 unspecified atom stereocenters. The van der Waals surface area contributed by atoms with Gasteiger partial charge in [-0.15, -0.1) is 0 Å². The summed E-state index contributed by atoms with van der Waals surface area (Å²) in [5.74, 6) is 0. The van der Waals surface area contributed by atoms with Crippen LogP contribution in [-0.2, 0) is 12.0 Å². The Morgan fingerprint density at radius 3 is 2.04 bits per heavy atom. The van der Waals surface area contributed by atoms with E-state index in [-0.39, 0.29) is 5.41 Å². The molecular formula is C22H29N. The van der Waals surface area contributed by atoms with Gasteiger partial charge in [-0.2, -0.15) is 0 Å². The summed E-state index contributed by atoms with van der Waals surface area (Å²) in [6.07, 6.45) is 0. The first-order valence-electron chi connectivity index (χ1n) is 8.28. The van der Waals surface area contributed by atoms with Gasteiger partial charge < -0.3 is 0 Å². The van der Waals surface area contributed by atoms with Crippen molar-refractivity contribution in [2.24, 2.45) is 0 Å². The highest BCUT2D eigenvalue weighted by molar-refractivity contribution is 5.64. The van der Waals surface area contributed by atoms with Crippen LogP contribution in [0.3, 0.4) is 0 Å². The number of likely N-dealkylation sites (N-methyl/N-ethyl adjacent to an activating group) is 1. The molecule has 2 aromatic carbocycles. The molecule has 0 fully saturated rings. The first-order valence-corrected chi connectivity index (χ1v) is 8.28.